The summed E-state index contributed by atoms with van der Waals surface area (Å²) in [6.07, 6.45) is 1.29. The monoisotopic (exact) mass is 262 g/mol. The van der Waals surface area contributed by atoms with Gasteiger partial charge in [0.15, 0.2) is 0 Å². The molecule has 106 valence electrons. The molecule has 1 atom stereocenters. The molecule has 0 spiro atoms. The van der Waals surface area contributed by atoms with Crippen LogP contribution in [0.5, 0.6) is 0 Å². The van der Waals surface area contributed by atoms with Gasteiger partial charge in [-0.15, -0.1) is 0 Å². The Kier molecular flexibility index (Phi) is 5.83. The molecule has 1 heterocycles. The third kappa shape index (κ3) is 4.60. The van der Waals surface area contributed by atoms with Crippen molar-refractivity contribution >= 4 is 0 Å². The number of nitrogens with zero attached hydrogens (tertiary/aromatic N) is 2. The second kappa shape index (κ2) is 7.63. The van der Waals surface area contributed by atoms with E-state index < -0.39 is 0 Å². The van der Waals surface area contributed by atoms with Crippen molar-refractivity contribution in [3.8, 4) is 0 Å². The normalized spacial score (nSPS) is 20.3. The van der Waals surface area contributed by atoms with Gasteiger partial charge in [-0.1, -0.05) is 37.3 Å². The number of aliphatic hydroxyl groups excluding tert-OH is 1. The van der Waals surface area contributed by atoms with Gasteiger partial charge in [0, 0.05) is 26.2 Å². The van der Waals surface area contributed by atoms with Gasteiger partial charge in [0.2, 0.25) is 0 Å². The van der Waals surface area contributed by atoms with Crippen molar-refractivity contribution in [2.24, 2.45) is 5.92 Å². The topological polar surface area (TPSA) is 26.7 Å². The van der Waals surface area contributed by atoms with E-state index in [1.807, 2.05) is 0 Å². The Hall–Kier alpha value is -0.900. The van der Waals surface area contributed by atoms with Gasteiger partial charge in [-0.3, -0.25) is 4.90 Å². The summed E-state index contributed by atoms with van der Waals surface area (Å²) in [5.74, 6) is 0.759. The maximum atomic E-state index is 9.04. The molecule has 0 bridgehead atoms. The van der Waals surface area contributed by atoms with Crippen LogP contribution < -0.4 is 0 Å². The summed E-state index contributed by atoms with van der Waals surface area (Å²) in [6, 6.07) is 10.7. The lowest BCUT2D eigenvalue weighted by Crippen LogP contribution is -2.33. The van der Waals surface area contributed by atoms with Gasteiger partial charge in [-0.05, 0) is 31.0 Å². The third-order valence-electron chi connectivity index (χ3n) is 4.00. The fourth-order valence-corrected chi connectivity index (χ4v) is 2.93. The Labute approximate surface area is 116 Å². The number of likely N-dealkylation sites (N-methyl/N-ethyl adjacent to an activating group) is 1. The summed E-state index contributed by atoms with van der Waals surface area (Å²) in [5, 5.41) is 9.04. The number of hydrogen-bond donors (Lipinski definition) is 1. The van der Waals surface area contributed by atoms with Crippen LogP contribution in [0.3, 0.4) is 0 Å². The van der Waals surface area contributed by atoms with Crippen LogP contribution >= 0.6 is 0 Å². The van der Waals surface area contributed by atoms with Crippen molar-refractivity contribution in [1.82, 2.24) is 9.80 Å². The molecule has 0 amide bonds. The molecule has 1 fully saturated rings. The maximum Gasteiger partial charge on any atom is 0.0558 e. The van der Waals surface area contributed by atoms with Crippen LogP contribution in [-0.2, 0) is 6.54 Å². The molecule has 0 radical (unpaired) electrons. The fourth-order valence-electron chi connectivity index (χ4n) is 2.93. The highest BCUT2D eigenvalue weighted by molar-refractivity contribution is 5.14. The van der Waals surface area contributed by atoms with Gasteiger partial charge in [0.25, 0.3) is 0 Å². The zero-order valence-electron chi connectivity index (χ0n) is 12.0. The van der Waals surface area contributed by atoms with Crippen molar-refractivity contribution in [2.75, 3.05) is 39.3 Å². The molecule has 19 heavy (non-hydrogen) atoms. The Morgan fingerprint density at radius 1 is 1.32 bits per heavy atom. The molecule has 3 heteroatoms. The summed E-state index contributed by atoms with van der Waals surface area (Å²) in [7, 11) is 0. The molecular weight excluding hydrogens is 236 g/mol. The van der Waals surface area contributed by atoms with Crippen molar-refractivity contribution in [1.29, 1.82) is 0 Å². The smallest absolute Gasteiger partial charge is 0.0558 e. The Morgan fingerprint density at radius 2 is 2.11 bits per heavy atom. The second-order valence-corrected chi connectivity index (χ2v) is 5.49. The SMILES string of the molecule is CCN(CCO)C[C@@H]1CCN(Cc2ccccc2)C1. The number of likely N-dealkylation sites (tertiary alicyclic amines) is 1. The minimum Gasteiger partial charge on any atom is -0.395 e. The molecule has 0 aliphatic carbocycles. The van der Waals surface area contributed by atoms with E-state index in [-0.39, 0.29) is 6.61 Å². The summed E-state index contributed by atoms with van der Waals surface area (Å²) in [4.78, 5) is 4.91. The first-order chi connectivity index (χ1) is 9.31. The van der Waals surface area contributed by atoms with E-state index >= 15 is 0 Å². The van der Waals surface area contributed by atoms with Crippen molar-refractivity contribution in [3.63, 3.8) is 0 Å². The van der Waals surface area contributed by atoms with Crippen LogP contribution in [0.4, 0.5) is 0 Å². The summed E-state index contributed by atoms with van der Waals surface area (Å²) < 4.78 is 0. The van der Waals surface area contributed by atoms with Crippen molar-refractivity contribution in [3.05, 3.63) is 35.9 Å². The molecule has 1 aromatic rings. The zero-order chi connectivity index (χ0) is 13.5. The molecule has 0 unspecified atom stereocenters. The first kappa shape index (κ1) is 14.5. The predicted octanol–water partition coefficient (Wildman–Crippen LogP) is 1.82. The molecule has 1 saturated heterocycles. The van der Waals surface area contributed by atoms with Crippen LogP contribution in [0.15, 0.2) is 30.3 Å². The van der Waals surface area contributed by atoms with Crippen molar-refractivity contribution in [2.45, 2.75) is 19.9 Å². The minimum atomic E-state index is 0.272. The standard InChI is InChI=1S/C16H26N2O/c1-2-17(10-11-19)13-16-8-9-18(14-16)12-15-6-4-3-5-7-15/h3-7,16,19H,2,8-14H2,1H3/t16-/m0/s1. The van der Waals surface area contributed by atoms with Gasteiger partial charge in [0.05, 0.1) is 6.61 Å². The van der Waals surface area contributed by atoms with E-state index in [0.29, 0.717) is 0 Å². The van der Waals surface area contributed by atoms with Crippen molar-refractivity contribution < 1.29 is 5.11 Å². The first-order valence-corrected chi connectivity index (χ1v) is 7.41. The summed E-state index contributed by atoms with van der Waals surface area (Å²) >= 11 is 0. The number of rotatable bonds is 7. The maximum absolute atomic E-state index is 9.04. The number of hydrogen-bond acceptors (Lipinski definition) is 3. The van der Waals surface area contributed by atoms with Gasteiger partial charge in [-0.2, -0.15) is 0 Å². The fraction of sp³-hybridized carbons (Fsp3) is 0.625. The highest BCUT2D eigenvalue weighted by Crippen LogP contribution is 2.19. The highest BCUT2D eigenvalue weighted by Gasteiger charge is 2.23. The number of aliphatic hydroxyl groups is 1. The predicted molar refractivity (Wildman–Crippen MR) is 79.0 cm³/mol. The highest BCUT2D eigenvalue weighted by atomic mass is 16.3. The molecule has 1 N–H and O–H groups in total. The van der Waals surface area contributed by atoms with E-state index in [2.05, 4.69) is 47.1 Å². The summed E-state index contributed by atoms with van der Waals surface area (Å²) in [6.45, 7) is 8.89. The van der Waals surface area contributed by atoms with Crippen LogP contribution in [-0.4, -0.2) is 54.2 Å². The van der Waals surface area contributed by atoms with Gasteiger partial charge in [-0.25, -0.2) is 0 Å². The molecule has 1 aliphatic heterocycles. The van der Waals surface area contributed by atoms with E-state index in [1.54, 1.807) is 0 Å². The Balaban J connectivity index is 1.76. The van der Waals surface area contributed by atoms with Crippen LogP contribution in [0, 0.1) is 5.92 Å². The lowest BCUT2D eigenvalue weighted by molar-refractivity contribution is 0.180. The van der Waals surface area contributed by atoms with Crippen LogP contribution in [0.1, 0.15) is 18.9 Å². The van der Waals surface area contributed by atoms with Gasteiger partial charge < -0.3 is 10.0 Å². The van der Waals surface area contributed by atoms with Crippen LogP contribution in [0.25, 0.3) is 0 Å². The third-order valence-corrected chi connectivity index (χ3v) is 4.00. The number of benzene rings is 1. The Morgan fingerprint density at radius 3 is 2.79 bits per heavy atom. The molecule has 1 aliphatic rings. The second-order valence-electron chi connectivity index (χ2n) is 5.49. The molecule has 0 aromatic heterocycles. The molecule has 2 rings (SSSR count). The minimum absolute atomic E-state index is 0.272. The van der Waals surface area contributed by atoms with Gasteiger partial charge in [0.1, 0.15) is 0 Å². The van der Waals surface area contributed by atoms with E-state index in [4.69, 9.17) is 5.11 Å². The largest absolute Gasteiger partial charge is 0.395 e. The average Bonchev–Trinajstić information content (AvgIpc) is 2.86. The summed E-state index contributed by atoms with van der Waals surface area (Å²) in [5.41, 5.74) is 1.41. The molecule has 1 aromatic carbocycles. The van der Waals surface area contributed by atoms with E-state index in [1.165, 1.54) is 25.1 Å². The zero-order valence-corrected chi connectivity index (χ0v) is 12.0. The molecule has 0 saturated carbocycles. The lowest BCUT2D eigenvalue weighted by Gasteiger charge is -2.23. The van der Waals surface area contributed by atoms with Crippen LogP contribution in [0.2, 0.25) is 0 Å². The molecular formula is C16H26N2O. The average molecular weight is 262 g/mol. The Bertz CT molecular complexity index is 355. The van der Waals surface area contributed by atoms with E-state index in [9.17, 15) is 0 Å². The molecule has 3 nitrogen and oxygen atoms in total. The first-order valence-electron chi connectivity index (χ1n) is 7.41. The quantitative estimate of drug-likeness (QED) is 0.812. The lowest BCUT2D eigenvalue weighted by atomic mass is 10.1. The van der Waals surface area contributed by atoms with E-state index in [0.717, 1.165) is 32.1 Å². The van der Waals surface area contributed by atoms with Gasteiger partial charge >= 0.3 is 0 Å².